The molecule has 0 bridgehead atoms. The molecule has 1 aliphatic rings. The monoisotopic (exact) mass is 527 g/mol. The molecule has 0 aliphatic carbocycles. The third-order valence-electron chi connectivity index (χ3n) is 7.01. The Kier molecular flexibility index (Phi) is 9.14. The number of anilines is 1. The minimum Gasteiger partial charge on any atom is -0.399 e. The summed E-state index contributed by atoms with van der Waals surface area (Å²) < 4.78 is 32.7. The third kappa shape index (κ3) is 7.06. The second-order valence-electron chi connectivity index (χ2n) is 9.48. The SMILES string of the molecule is CO[C@@H]1CN(CCCC(c2ccc(F)cc2)c2ccc(F)cc2)CC[C@@H]1NC(=O)c1ccc(N)cc1Cl. The molecule has 0 spiro atoms. The van der Waals surface area contributed by atoms with Gasteiger partial charge in [-0.15, -0.1) is 0 Å². The topological polar surface area (TPSA) is 67.6 Å². The Hall–Kier alpha value is -3.00. The molecule has 1 saturated heterocycles. The highest BCUT2D eigenvalue weighted by molar-refractivity contribution is 6.34. The molecule has 3 aromatic rings. The van der Waals surface area contributed by atoms with E-state index >= 15 is 0 Å². The molecule has 4 rings (SSSR count). The third-order valence-corrected chi connectivity index (χ3v) is 7.32. The van der Waals surface area contributed by atoms with E-state index < -0.39 is 0 Å². The normalized spacial score (nSPS) is 18.2. The van der Waals surface area contributed by atoms with Crippen LogP contribution in [0.3, 0.4) is 0 Å². The van der Waals surface area contributed by atoms with E-state index in [9.17, 15) is 13.6 Å². The van der Waals surface area contributed by atoms with Gasteiger partial charge in [0.25, 0.3) is 5.91 Å². The van der Waals surface area contributed by atoms with Crippen LogP contribution in [0.5, 0.6) is 0 Å². The summed E-state index contributed by atoms with van der Waals surface area (Å²) >= 11 is 6.20. The number of nitrogen functional groups attached to an aromatic ring is 1. The van der Waals surface area contributed by atoms with Crippen LogP contribution in [0.2, 0.25) is 5.02 Å². The van der Waals surface area contributed by atoms with Crippen LogP contribution in [-0.2, 0) is 4.74 Å². The van der Waals surface area contributed by atoms with Gasteiger partial charge in [0.2, 0.25) is 0 Å². The van der Waals surface area contributed by atoms with Crippen LogP contribution < -0.4 is 11.1 Å². The van der Waals surface area contributed by atoms with Crippen LogP contribution in [0.25, 0.3) is 0 Å². The minimum atomic E-state index is -0.277. The fourth-order valence-electron chi connectivity index (χ4n) is 4.98. The number of halogens is 3. The Labute approximate surface area is 221 Å². The van der Waals surface area contributed by atoms with Gasteiger partial charge in [0, 0.05) is 31.8 Å². The molecule has 0 saturated carbocycles. The predicted octanol–water partition coefficient (Wildman–Crippen LogP) is 5.63. The molecular weight excluding hydrogens is 496 g/mol. The van der Waals surface area contributed by atoms with Gasteiger partial charge in [0.15, 0.2) is 0 Å². The van der Waals surface area contributed by atoms with Crippen molar-refractivity contribution in [3.05, 3.63) is 100 Å². The maximum absolute atomic E-state index is 13.5. The fourth-order valence-corrected chi connectivity index (χ4v) is 5.26. The van der Waals surface area contributed by atoms with Gasteiger partial charge >= 0.3 is 0 Å². The maximum Gasteiger partial charge on any atom is 0.253 e. The van der Waals surface area contributed by atoms with E-state index in [1.165, 1.54) is 24.3 Å². The number of nitrogens with two attached hydrogens (primary N) is 1. The van der Waals surface area contributed by atoms with Crippen LogP contribution in [0.1, 0.15) is 46.7 Å². The first kappa shape index (κ1) is 27.0. The lowest BCUT2D eigenvalue weighted by atomic mass is 9.87. The summed E-state index contributed by atoms with van der Waals surface area (Å²) in [5.41, 5.74) is 8.64. The van der Waals surface area contributed by atoms with Crippen molar-refractivity contribution in [3.8, 4) is 0 Å². The summed E-state index contributed by atoms with van der Waals surface area (Å²) in [6.07, 6.45) is 2.32. The molecule has 2 atom stereocenters. The Morgan fingerprint density at radius 1 is 1.08 bits per heavy atom. The number of piperidine rings is 1. The van der Waals surface area contributed by atoms with Crippen LogP contribution >= 0.6 is 11.6 Å². The van der Waals surface area contributed by atoms with Gasteiger partial charge in [0.1, 0.15) is 11.6 Å². The summed E-state index contributed by atoms with van der Waals surface area (Å²) in [5, 5.41) is 3.39. The number of ether oxygens (including phenoxy) is 1. The number of nitrogens with one attached hydrogen (secondary N) is 1. The largest absolute Gasteiger partial charge is 0.399 e. The number of rotatable bonds is 9. The van der Waals surface area contributed by atoms with E-state index in [-0.39, 0.29) is 35.6 Å². The van der Waals surface area contributed by atoms with E-state index in [1.807, 2.05) is 0 Å². The second-order valence-corrected chi connectivity index (χ2v) is 9.89. The molecule has 3 N–H and O–H groups in total. The summed E-state index contributed by atoms with van der Waals surface area (Å²) in [6, 6.07) is 17.8. The summed E-state index contributed by atoms with van der Waals surface area (Å²) in [7, 11) is 1.66. The molecule has 0 radical (unpaired) electrons. The molecule has 3 aromatic carbocycles. The van der Waals surface area contributed by atoms with Crippen LogP contribution in [0, 0.1) is 11.6 Å². The number of hydrogen-bond donors (Lipinski definition) is 2. The number of methoxy groups -OCH3 is 1. The van der Waals surface area contributed by atoms with Crippen molar-refractivity contribution in [2.45, 2.75) is 37.3 Å². The number of hydrogen-bond acceptors (Lipinski definition) is 4. The number of amides is 1. The number of carbonyl (C=O) groups is 1. The predicted molar refractivity (Wildman–Crippen MR) is 143 cm³/mol. The van der Waals surface area contributed by atoms with Crippen LogP contribution in [0.15, 0.2) is 66.7 Å². The van der Waals surface area contributed by atoms with Crippen molar-refractivity contribution in [1.82, 2.24) is 10.2 Å². The zero-order valence-electron chi connectivity index (χ0n) is 20.8. The lowest BCUT2D eigenvalue weighted by Gasteiger charge is -2.38. The molecule has 196 valence electrons. The van der Waals surface area contributed by atoms with Gasteiger partial charge in [-0.25, -0.2) is 8.78 Å². The van der Waals surface area contributed by atoms with Crippen LogP contribution in [-0.4, -0.2) is 49.7 Å². The quantitative estimate of drug-likeness (QED) is 0.354. The molecule has 1 amide bonds. The standard InChI is InChI=1S/C29H32ClF2N3O2/c1-37-28-18-35(16-14-27(28)34-29(36)25-13-12-23(33)17-26(25)30)15-2-3-24(19-4-8-21(31)9-5-19)20-6-10-22(32)11-7-20/h4-13,17,24,27-28H,2-3,14-16,18,33H2,1H3,(H,34,36)/t27-,28+/m0/s1. The van der Waals surface area contributed by atoms with Crippen molar-refractivity contribution in [1.29, 1.82) is 0 Å². The Balaban J connectivity index is 1.34. The van der Waals surface area contributed by atoms with Gasteiger partial charge in [-0.2, -0.15) is 0 Å². The van der Waals surface area contributed by atoms with E-state index in [0.717, 1.165) is 43.5 Å². The smallest absolute Gasteiger partial charge is 0.253 e. The average molecular weight is 528 g/mol. The second kappa shape index (κ2) is 12.5. The molecule has 0 aromatic heterocycles. The van der Waals surface area contributed by atoms with Crippen molar-refractivity contribution < 1.29 is 18.3 Å². The molecule has 1 aliphatic heterocycles. The van der Waals surface area contributed by atoms with Crippen molar-refractivity contribution in [3.63, 3.8) is 0 Å². The Morgan fingerprint density at radius 2 is 1.70 bits per heavy atom. The number of carbonyl (C=O) groups excluding carboxylic acids is 1. The van der Waals surface area contributed by atoms with Gasteiger partial charge < -0.3 is 20.7 Å². The molecule has 1 fully saturated rings. The summed E-state index contributed by atoms with van der Waals surface area (Å²) in [4.78, 5) is 15.1. The molecular formula is C29H32ClF2N3O2. The molecule has 1 heterocycles. The summed E-state index contributed by atoms with van der Waals surface area (Å²) in [5.74, 6) is -0.755. The van der Waals surface area contributed by atoms with Crippen LogP contribution in [0.4, 0.5) is 14.5 Å². The minimum absolute atomic E-state index is 0.0425. The molecule has 0 unspecified atom stereocenters. The van der Waals surface area contributed by atoms with E-state index in [4.69, 9.17) is 22.1 Å². The fraction of sp³-hybridized carbons (Fsp3) is 0.345. The highest BCUT2D eigenvalue weighted by atomic mass is 35.5. The van der Waals surface area contributed by atoms with E-state index in [0.29, 0.717) is 22.8 Å². The first-order chi connectivity index (χ1) is 17.8. The zero-order chi connectivity index (χ0) is 26.4. The highest BCUT2D eigenvalue weighted by Gasteiger charge is 2.31. The summed E-state index contributed by atoms with van der Waals surface area (Å²) in [6.45, 7) is 2.36. The number of nitrogens with zero attached hydrogens (tertiary/aromatic N) is 1. The average Bonchev–Trinajstić information content (AvgIpc) is 2.88. The number of benzene rings is 3. The van der Waals surface area contributed by atoms with Gasteiger partial charge in [0.05, 0.1) is 22.7 Å². The Morgan fingerprint density at radius 3 is 2.27 bits per heavy atom. The van der Waals surface area contributed by atoms with Crippen molar-refractivity contribution >= 4 is 23.2 Å². The molecule has 8 heteroatoms. The maximum atomic E-state index is 13.5. The Bertz CT molecular complexity index is 1150. The molecule has 5 nitrogen and oxygen atoms in total. The van der Waals surface area contributed by atoms with E-state index in [1.54, 1.807) is 49.6 Å². The molecule has 37 heavy (non-hydrogen) atoms. The first-order valence-electron chi connectivity index (χ1n) is 12.5. The van der Waals surface area contributed by atoms with Gasteiger partial charge in [-0.1, -0.05) is 35.9 Å². The van der Waals surface area contributed by atoms with Gasteiger partial charge in [-0.3, -0.25) is 4.79 Å². The van der Waals surface area contributed by atoms with E-state index in [2.05, 4.69) is 10.2 Å². The van der Waals surface area contributed by atoms with Gasteiger partial charge in [-0.05, 0) is 79.4 Å². The lowest BCUT2D eigenvalue weighted by molar-refractivity contribution is 0.00597. The van der Waals surface area contributed by atoms with Crippen molar-refractivity contribution in [2.75, 3.05) is 32.5 Å². The highest BCUT2D eigenvalue weighted by Crippen LogP contribution is 2.30. The number of likely N-dealkylation sites (tertiary alicyclic amines) is 1. The van der Waals surface area contributed by atoms with Crippen molar-refractivity contribution in [2.24, 2.45) is 0 Å². The lowest BCUT2D eigenvalue weighted by Crippen LogP contribution is -2.54. The zero-order valence-corrected chi connectivity index (χ0v) is 21.6. The first-order valence-corrected chi connectivity index (χ1v) is 12.8.